The predicted octanol–water partition coefficient (Wildman–Crippen LogP) is 1.57. The van der Waals surface area contributed by atoms with Crippen molar-refractivity contribution in [1.82, 2.24) is 20.0 Å². The monoisotopic (exact) mass is 262 g/mol. The molecule has 4 nitrogen and oxygen atoms in total. The first-order chi connectivity index (χ1) is 9.17. The van der Waals surface area contributed by atoms with Crippen LogP contribution in [-0.2, 0) is 13.5 Å². The smallest absolute Gasteiger partial charge is 0.0522 e. The van der Waals surface area contributed by atoms with Crippen LogP contribution in [0.1, 0.15) is 38.2 Å². The highest BCUT2D eigenvalue weighted by atomic mass is 15.3. The summed E-state index contributed by atoms with van der Waals surface area (Å²) in [4.78, 5) is 2.68. The van der Waals surface area contributed by atoms with Crippen LogP contribution < -0.4 is 5.32 Å². The number of hydrogen-bond acceptors (Lipinski definition) is 3. The fourth-order valence-corrected chi connectivity index (χ4v) is 3.65. The van der Waals surface area contributed by atoms with Crippen LogP contribution in [0.2, 0.25) is 0 Å². The van der Waals surface area contributed by atoms with Gasteiger partial charge in [-0.3, -0.25) is 9.58 Å². The lowest BCUT2D eigenvalue weighted by Gasteiger charge is -2.45. The van der Waals surface area contributed by atoms with Gasteiger partial charge in [0.15, 0.2) is 0 Å². The second kappa shape index (κ2) is 5.25. The van der Waals surface area contributed by atoms with Gasteiger partial charge in [-0.15, -0.1) is 0 Å². The van der Waals surface area contributed by atoms with Crippen LogP contribution in [0.5, 0.6) is 0 Å². The molecule has 1 spiro atoms. The molecule has 106 valence electrons. The quantitative estimate of drug-likeness (QED) is 0.897. The molecular weight excluding hydrogens is 236 g/mol. The Hall–Kier alpha value is -0.870. The molecular formula is C15H26N4. The number of piperazine rings is 1. The Morgan fingerprint density at radius 2 is 2.21 bits per heavy atom. The summed E-state index contributed by atoms with van der Waals surface area (Å²) in [6.07, 6.45) is 10.8. The summed E-state index contributed by atoms with van der Waals surface area (Å²) >= 11 is 0. The zero-order valence-electron chi connectivity index (χ0n) is 12.2. The Labute approximate surface area is 116 Å². The van der Waals surface area contributed by atoms with Gasteiger partial charge in [-0.25, -0.2) is 0 Å². The summed E-state index contributed by atoms with van der Waals surface area (Å²) in [6.45, 7) is 5.88. The van der Waals surface area contributed by atoms with E-state index in [2.05, 4.69) is 28.4 Å². The van der Waals surface area contributed by atoms with Crippen molar-refractivity contribution >= 4 is 0 Å². The van der Waals surface area contributed by atoms with E-state index in [0.29, 0.717) is 11.6 Å². The standard InChI is InChI=1S/C15H26N4/c1-13-9-16-15(6-3-4-7-15)12-19(13)8-5-14-10-17-18(2)11-14/h10-11,13,16H,3-9,12H2,1-2H3. The van der Waals surface area contributed by atoms with Crippen LogP contribution in [0.15, 0.2) is 12.4 Å². The van der Waals surface area contributed by atoms with E-state index < -0.39 is 0 Å². The maximum absolute atomic E-state index is 4.26. The highest BCUT2D eigenvalue weighted by Gasteiger charge is 2.39. The zero-order chi connectivity index (χ0) is 13.3. The molecule has 4 heteroatoms. The van der Waals surface area contributed by atoms with E-state index in [-0.39, 0.29) is 0 Å². The van der Waals surface area contributed by atoms with Gasteiger partial charge < -0.3 is 5.32 Å². The maximum atomic E-state index is 4.26. The van der Waals surface area contributed by atoms with E-state index in [9.17, 15) is 0 Å². The molecule has 1 aliphatic carbocycles. The number of rotatable bonds is 3. The lowest BCUT2D eigenvalue weighted by molar-refractivity contribution is 0.0903. The summed E-state index contributed by atoms with van der Waals surface area (Å²) < 4.78 is 1.90. The first-order valence-electron chi connectivity index (χ1n) is 7.63. The van der Waals surface area contributed by atoms with E-state index in [1.807, 2.05) is 17.9 Å². The van der Waals surface area contributed by atoms with Crippen LogP contribution in [0.4, 0.5) is 0 Å². The largest absolute Gasteiger partial charge is 0.308 e. The SMILES string of the molecule is CC1CNC2(CCCC2)CN1CCc1cnn(C)c1. The van der Waals surface area contributed by atoms with Crippen molar-refractivity contribution in [3.05, 3.63) is 18.0 Å². The molecule has 2 aliphatic rings. The van der Waals surface area contributed by atoms with Crippen LogP contribution in [0.25, 0.3) is 0 Å². The highest BCUT2D eigenvalue weighted by molar-refractivity contribution is 5.05. The molecule has 0 amide bonds. The minimum absolute atomic E-state index is 0.432. The van der Waals surface area contributed by atoms with Gasteiger partial charge in [0.2, 0.25) is 0 Å². The molecule has 1 saturated carbocycles. The van der Waals surface area contributed by atoms with E-state index in [1.165, 1.54) is 37.8 Å². The Morgan fingerprint density at radius 3 is 2.89 bits per heavy atom. The van der Waals surface area contributed by atoms with Crippen molar-refractivity contribution in [2.24, 2.45) is 7.05 Å². The third-order valence-electron chi connectivity index (χ3n) is 4.91. The lowest BCUT2D eigenvalue weighted by Crippen LogP contribution is -2.62. The molecule has 2 fully saturated rings. The van der Waals surface area contributed by atoms with E-state index >= 15 is 0 Å². The third-order valence-corrected chi connectivity index (χ3v) is 4.91. The average Bonchev–Trinajstić information content (AvgIpc) is 3.01. The molecule has 1 aromatic heterocycles. The van der Waals surface area contributed by atoms with Gasteiger partial charge in [0.1, 0.15) is 0 Å². The van der Waals surface area contributed by atoms with Gasteiger partial charge in [-0.1, -0.05) is 12.8 Å². The third kappa shape index (κ3) is 2.84. The van der Waals surface area contributed by atoms with Crippen LogP contribution in [0.3, 0.4) is 0 Å². The number of aromatic nitrogens is 2. The molecule has 0 aromatic carbocycles. The van der Waals surface area contributed by atoms with Crippen molar-refractivity contribution in [3.63, 3.8) is 0 Å². The lowest BCUT2D eigenvalue weighted by atomic mass is 9.92. The fraction of sp³-hybridized carbons (Fsp3) is 0.800. The first kappa shape index (κ1) is 13.1. The number of nitrogens with one attached hydrogen (secondary N) is 1. The van der Waals surface area contributed by atoms with E-state index in [1.54, 1.807) is 0 Å². The van der Waals surface area contributed by atoms with Crippen molar-refractivity contribution in [1.29, 1.82) is 0 Å². The molecule has 1 atom stereocenters. The van der Waals surface area contributed by atoms with Gasteiger partial charge in [-0.2, -0.15) is 5.10 Å². The summed E-state index contributed by atoms with van der Waals surface area (Å²) in [6, 6.07) is 0.655. The molecule has 19 heavy (non-hydrogen) atoms. The van der Waals surface area contributed by atoms with Crippen molar-refractivity contribution in [2.75, 3.05) is 19.6 Å². The molecule has 1 N–H and O–H groups in total. The topological polar surface area (TPSA) is 33.1 Å². The molecule has 0 radical (unpaired) electrons. The van der Waals surface area contributed by atoms with Gasteiger partial charge in [-0.05, 0) is 31.7 Å². The van der Waals surface area contributed by atoms with Crippen LogP contribution >= 0.6 is 0 Å². The average molecular weight is 262 g/mol. The Bertz CT molecular complexity index is 420. The van der Waals surface area contributed by atoms with Crippen molar-refractivity contribution < 1.29 is 0 Å². The summed E-state index contributed by atoms with van der Waals surface area (Å²) in [5.41, 5.74) is 1.79. The van der Waals surface area contributed by atoms with Crippen molar-refractivity contribution in [3.8, 4) is 0 Å². The van der Waals surface area contributed by atoms with Gasteiger partial charge >= 0.3 is 0 Å². The molecule has 1 saturated heterocycles. The van der Waals surface area contributed by atoms with Gasteiger partial charge in [0, 0.05) is 44.5 Å². The predicted molar refractivity (Wildman–Crippen MR) is 77.1 cm³/mol. The second-order valence-corrected chi connectivity index (χ2v) is 6.46. The van der Waals surface area contributed by atoms with Crippen LogP contribution in [0, 0.1) is 0 Å². The maximum Gasteiger partial charge on any atom is 0.0522 e. The molecule has 0 bridgehead atoms. The highest BCUT2D eigenvalue weighted by Crippen LogP contribution is 2.33. The molecule has 2 heterocycles. The normalized spacial score (nSPS) is 27.2. The fourth-order valence-electron chi connectivity index (χ4n) is 3.65. The van der Waals surface area contributed by atoms with Crippen molar-refractivity contribution in [2.45, 2.75) is 50.6 Å². The summed E-state index contributed by atoms with van der Waals surface area (Å²) in [5.74, 6) is 0. The second-order valence-electron chi connectivity index (χ2n) is 6.46. The molecule has 1 unspecified atom stereocenters. The summed E-state index contributed by atoms with van der Waals surface area (Å²) in [5, 5.41) is 8.07. The molecule has 3 rings (SSSR count). The van der Waals surface area contributed by atoms with Gasteiger partial charge in [0.25, 0.3) is 0 Å². The molecule has 1 aromatic rings. The van der Waals surface area contributed by atoms with E-state index in [4.69, 9.17) is 0 Å². The first-order valence-corrected chi connectivity index (χ1v) is 7.63. The minimum Gasteiger partial charge on any atom is -0.308 e. The number of hydrogen-bond donors (Lipinski definition) is 1. The van der Waals surface area contributed by atoms with Gasteiger partial charge in [0.05, 0.1) is 6.20 Å². The Morgan fingerprint density at radius 1 is 1.42 bits per heavy atom. The van der Waals surface area contributed by atoms with Crippen LogP contribution in [-0.4, -0.2) is 45.9 Å². The Kier molecular flexibility index (Phi) is 3.63. The zero-order valence-corrected chi connectivity index (χ0v) is 12.2. The number of aryl methyl sites for hydroxylation is 1. The Balaban J connectivity index is 1.59. The number of nitrogens with zero attached hydrogens (tertiary/aromatic N) is 3. The summed E-state index contributed by atoms with van der Waals surface area (Å²) in [7, 11) is 1.99. The van der Waals surface area contributed by atoms with E-state index in [0.717, 1.165) is 19.5 Å². The minimum atomic E-state index is 0.432. The molecule has 1 aliphatic heterocycles.